The number of ether oxygens (including phenoxy) is 1. The summed E-state index contributed by atoms with van der Waals surface area (Å²) in [6, 6.07) is 17.6. The van der Waals surface area contributed by atoms with Gasteiger partial charge in [0.15, 0.2) is 0 Å². The Hall–Kier alpha value is -2.13. The fraction of sp³-hybridized carbons (Fsp3) is 0.538. The topological polar surface area (TPSA) is 65.1 Å². The van der Waals surface area contributed by atoms with E-state index in [0.717, 1.165) is 52.2 Å². The smallest absolute Gasteiger partial charge is 0.240 e. The van der Waals surface area contributed by atoms with Gasteiger partial charge in [-0.15, -0.1) is 0 Å². The van der Waals surface area contributed by atoms with Crippen LogP contribution < -0.4 is 14.4 Å². The lowest BCUT2D eigenvalue weighted by molar-refractivity contribution is -0.0107. The number of para-hydroxylation sites is 1. The molecule has 4 fully saturated rings. The quantitative estimate of drug-likeness (QED) is 0.621. The third-order valence-corrected chi connectivity index (χ3v) is 9.32. The van der Waals surface area contributed by atoms with Crippen LogP contribution in [0.1, 0.15) is 12.8 Å². The first kappa shape index (κ1) is 23.6. The van der Waals surface area contributed by atoms with Gasteiger partial charge in [-0.25, -0.2) is 13.1 Å². The van der Waals surface area contributed by atoms with E-state index in [9.17, 15) is 8.42 Å². The Morgan fingerprint density at radius 1 is 0.971 bits per heavy atom. The van der Waals surface area contributed by atoms with Gasteiger partial charge in [0.1, 0.15) is 5.75 Å². The second-order valence-corrected chi connectivity index (χ2v) is 11.6. The number of rotatable bonds is 8. The number of hydrogen-bond acceptors (Lipinski definition) is 6. The van der Waals surface area contributed by atoms with Crippen LogP contribution in [0.5, 0.6) is 5.75 Å². The summed E-state index contributed by atoms with van der Waals surface area (Å²) in [5.74, 6) is 2.03. The van der Waals surface area contributed by atoms with Gasteiger partial charge in [0.25, 0.3) is 0 Å². The van der Waals surface area contributed by atoms with Gasteiger partial charge in [-0.05, 0) is 67.6 Å². The van der Waals surface area contributed by atoms with Crippen molar-refractivity contribution < 1.29 is 13.2 Å². The lowest BCUT2D eigenvalue weighted by Crippen LogP contribution is -2.59. The second-order valence-electron chi connectivity index (χ2n) is 9.84. The fourth-order valence-electron chi connectivity index (χ4n) is 5.87. The van der Waals surface area contributed by atoms with Gasteiger partial charge in [-0.2, -0.15) is 0 Å². The molecule has 0 amide bonds. The summed E-state index contributed by atoms with van der Waals surface area (Å²) in [7, 11) is -1.94. The normalized spacial score (nSPS) is 27.6. The van der Waals surface area contributed by atoms with Gasteiger partial charge < -0.3 is 9.64 Å². The maximum atomic E-state index is 12.8. The number of nitrogens with zero attached hydrogens (tertiary/aromatic N) is 3. The van der Waals surface area contributed by atoms with Gasteiger partial charge in [0.05, 0.1) is 12.0 Å². The van der Waals surface area contributed by atoms with E-state index in [1.165, 1.54) is 12.1 Å². The van der Waals surface area contributed by atoms with E-state index >= 15 is 0 Å². The molecule has 0 aliphatic carbocycles. The molecule has 184 valence electrons. The van der Waals surface area contributed by atoms with Crippen molar-refractivity contribution in [2.24, 2.45) is 11.8 Å². The molecule has 6 rings (SSSR count). The Bertz CT molecular complexity index is 1040. The Morgan fingerprint density at radius 2 is 1.71 bits per heavy atom. The molecule has 4 atom stereocenters. The van der Waals surface area contributed by atoms with Crippen molar-refractivity contribution in [1.29, 1.82) is 0 Å². The summed E-state index contributed by atoms with van der Waals surface area (Å²) in [5.41, 5.74) is 1.32. The summed E-state index contributed by atoms with van der Waals surface area (Å²) < 4.78 is 33.5. The predicted octanol–water partition coefficient (Wildman–Crippen LogP) is 2.51. The third-order valence-electron chi connectivity index (χ3n) is 7.88. The highest BCUT2D eigenvalue weighted by Crippen LogP contribution is 2.37. The van der Waals surface area contributed by atoms with Crippen LogP contribution in [0.4, 0.5) is 5.69 Å². The van der Waals surface area contributed by atoms with E-state index in [-0.39, 0.29) is 10.9 Å². The molecule has 4 unspecified atom stereocenters. The lowest BCUT2D eigenvalue weighted by atomic mass is 9.75. The summed E-state index contributed by atoms with van der Waals surface area (Å²) in [6.45, 7) is 8.20. The van der Waals surface area contributed by atoms with Crippen molar-refractivity contribution in [3.8, 4) is 5.75 Å². The SMILES string of the molecule is COc1ccc(S(=O)(=O)NCC2CC3CCN2CC3CN2CCN(c3ccccc3)CC2)cc1. The zero-order valence-corrected chi connectivity index (χ0v) is 20.8. The molecule has 2 bridgehead atoms. The minimum Gasteiger partial charge on any atom is -0.497 e. The van der Waals surface area contributed by atoms with E-state index in [1.807, 2.05) is 0 Å². The van der Waals surface area contributed by atoms with E-state index in [0.29, 0.717) is 24.1 Å². The molecule has 2 aromatic carbocycles. The van der Waals surface area contributed by atoms with Crippen LogP contribution >= 0.6 is 0 Å². The van der Waals surface area contributed by atoms with Gasteiger partial charge in [0.2, 0.25) is 10.0 Å². The van der Waals surface area contributed by atoms with Gasteiger partial charge in [0, 0.05) is 57.5 Å². The average Bonchev–Trinajstić information content (AvgIpc) is 2.89. The number of anilines is 1. The van der Waals surface area contributed by atoms with Crippen LogP contribution in [-0.2, 0) is 10.0 Å². The Labute approximate surface area is 203 Å². The zero-order valence-electron chi connectivity index (χ0n) is 20.0. The highest BCUT2D eigenvalue weighted by molar-refractivity contribution is 7.89. The molecule has 1 N–H and O–H groups in total. The molecule has 7 nitrogen and oxygen atoms in total. The van der Waals surface area contributed by atoms with Gasteiger partial charge in [-0.1, -0.05) is 18.2 Å². The number of fused-ring (bicyclic) bond motifs is 3. The lowest BCUT2D eigenvalue weighted by Gasteiger charge is -2.51. The van der Waals surface area contributed by atoms with E-state index < -0.39 is 10.0 Å². The Morgan fingerprint density at radius 3 is 2.35 bits per heavy atom. The molecule has 0 aromatic heterocycles. The molecule has 4 aliphatic heterocycles. The van der Waals surface area contributed by atoms with Crippen molar-refractivity contribution in [3.05, 3.63) is 54.6 Å². The minimum atomic E-state index is -3.51. The first-order valence-electron chi connectivity index (χ1n) is 12.4. The van der Waals surface area contributed by atoms with Crippen molar-refractivity contribution in [3.63, 3.8) is 0 Å². The zero-order chi connectivity index (χ0) is 23.5. The average molecular weight is 485 g/mol. The minimum absolute atomic E-state index is 0.289. The van der Waals surface area contributed by atoms with E-state index in [4.69, 9.17) is 4.74 Å². The molecule has 34 heavy (non-hydrogen) atoms. The number of piperidine rings is 3. The molecule has 0 saturated carbocycles. The Balaban J connectivity index is 1.11. The molecule has 8 heteroatoms. The summed E-state index contributed by atoms with van der Waals surface area (Å²) in [4.78, 5) is 7.92. The first-order valence-corrected chi connectivity index (χ1v) is 13.9. The van der Waals surface area contributed by atoms with Crippen LogP contribution in [0.15, 0.2) is 59.5 Å². The monoisotopic (exact) mass is 484 g/mol. The third kappa shape index (κ3) is 5.25. The first-order chi connectivity index (χ1) is 16.5. The van der Waals surface area contributed by atoms with Crippen molar-refractivity contribution in [2.75, 3.05) is 64.4 Å². The number of piperazine rings is 1. The second kappa shape index (κ2) is 10.2. The number of hydrogen-bond donors (Lipinski definition) is 1. The number of methoxy groups -OCH3 is 1. The molecule has 4 saturated heterocycles. The maximum Gasteiger partial charge on any atom is 0.240 e. The molecule has 4 heterocycles. The van der Waals surface area contributed by atoms with Gasteiger partial charge in [-0.3, -0.25) is 9.80 Å². The van der Waals surface area contributed by atoms with Crippen molar-refractivity contribution >= 4 is 15.7 Å². The standard InChI is InChI=1S/C26H36N4O3S/c1-33-25-7-9-26(10-8-25)34(31,32)27-18-24-17-21-11-12-30(24)20-22(21)19-28-13-15-29(16-14-28)23-5-3-2-4-6-23/h2-10,21-22,24,27H,11-20H2,1H3. The Kier molecular flexibility index (Phi) is 7.11. The summed E-state index contributed by atoms with van der Waals surface area (Å²) in [6.07, 6.45) is 2.32. The van der Waals surface area contributed by atoms with Crippen LogP contribution in [0.25, 0.3) is 0 Å². The van der Waals surface area contributed by atoms with Crippen LogP contribution in [0, 0.1) is 11.8 Å². The highest BCUT2D eigenvalue weighted by Gasteiger charge is 2.41. The molecular weight excluding hydrogens is 448 g/mol. The van der Waals surface area contributed by atoms with Crippen LogP contribution in [-0.4, -0.2) is 83.7 Å². The van der Waals surface area contributed by atoms with Crippen molar-refractivity contribution in [2.45, 2.75) is 23.8 Å². The van der Waals surface area contributed by atoms with E-state index in [2.05, 4.69) is 49.8 Å². The summed E-state index contributed by atoms with van der Waals surface area (Å²) >= 11 is 0. The predicted molar refractivity (Wildman–Crippen MR) is 135 cm³/mol. The summed E-state index contributed by atoms with van der Waals surface area (Å²) in [5, 5.41) is 0. The van der Waals surface area contributed by atoms with E-state index in [1.54, 1.807) is 31.4 Å². The number of nitrogens with one attached hydrogen (secondary N) is 1. The largest absolute Gasteiger partial charge is 0.497 e. The molecule has 4 aliphatic rings. The number of benzene rings is 2. The van der Waals surface area contributed by atoms with Crippen LogP contribution in [0.2, 0.25) is 0 Å². The highest BCUT2D eigenvalue weighted by atomic mass is 32.2. The fourth-order valence-corrected chi connectivity index (χ4v) is 6.94. The van der Waals surface area contributed by atoms with Crippen LogP contribution in [0.3, 0.4) is 0 Å². The van der Waals surface area contributed by atoms with Gasteiger partial charge >= 0.3 is 0 Å². The van der Waals surface area contributed by atoms with Crippen molar-refractivity contribution in [1.82, 2.24) is 14.5 Å². The number of sulfonamides is 1. The molecule has 0 spiro atoms. The maximum absolute atomic E-state index is 12.8. The molecular formula is C26H36N4O3S. The molecule has 2 aromatic rings. The molecule has 0 radical (unpaired) electrons.